The second-order valence-electron chi connectivity index (χ2n) is 5.13. The minimum absolute atomic E-state index is 0.127. The molecule has 1 amide bonds. The monoisotopic (exact) mass is 306 g/mol. The Hall–Kier alpha value is -1.16. The summed E-state index contributed by atoms with van der Waals surface area (Å²) in [6.45, 7) is 0. The molecule has 3 rings (SSSR count). The Labute approximate surface area is 115 Å². The summed E-state index contributed by atoms with van der Waals surface area (Å²) in [6, 6.07) is 7.31. The van der Waals surface area contributed by atoms with Crippen molar-refractivity contribution in [2.75, 3.05) is 0 Å². The van der Waals surface area contributed by atoms with E-state index in [0.29, 0.717) is 11.5 Å². The van der Waals surface area contributed by atoms with E-state index in [1.807, 2.05) is 12.1 Å². The lowest BCUT2D eigenvalue weighted by Crippen LogP contribution is -2.21. The molecule has 3 nitrogen and oxygen atoms in total. The van der Waals surface area contributed by atoms with Gasteiger partial charge < -0.3 is 0 Å². The third kappa shape index (κ3) is 2.34. The van der Waals surface area contributed by atoms with Crippen LogP contribution in [0.3, 0.4) is 0 Å². The van der Waals surface area contributed by atoms with E-state index >= 15 is 0 Å². The molecular formula is C14H15BrN2O. The minimum Gasteiger partial charge on any atom is -0.267 e. The molecule has 0 aromatic heterocycles. The molecule has 0 saturated heterocycles. The van der Waals surface area contributed by atoms with Gasteiger partial charge in [0.2, 0.25) is 0 Å². The van der Waals surface area contributed by atoms with Gasteiger partial charge in [0, 0.05) is 15.7 Å². The largest absolute Gasteiger partial charge is 0.271 e. The highest BCUT2D eigenvalue weighted by Gasteiger charge is 2.36. The van der Waals surface area contributed by atoms with Crippen LogP contribution < -0.4 is 5.43 Å². The average Bonchev–Trinajstić information content (AvgIpc) is 2.99. The first kappa shape index (κ1) is 11.9. The van der Waals surface area contributed by atoms with Crippen LogP contribution in [0.15, 0.2) is 33.8 Å². The number of amides is 1. The molecule has 1 aromatic carbocycles. The maximum absolute atomic E-state index is 11.9. The molecule has 2 aliphatic carbocycles. The van der Waals surface area contributed by atoms with Crippen molar-refractivity contribution in [3.63, 3.8) is 0 Å². The zero-order valence-electron chi connectivity index (χ0n) is 10.0. The van der Waals surface area contributed by atoms with Gasteiger partial charge in [-0.25, -0.2) is 5.43 Å². The van der Waals surface area contributed by atoms with Gasteiger partial charge in [0.15, 0.2) is 0 Å². The topological polar surface area (TPSA) is 41.5 Å². The first-order valence-electron chi connectivity index (χ1n) is 6.35. The Morgan fingerprint density at radius 3 is 2.67 bits per heavy atom. The van der Waals surface area contributed by atoms with E-state index in [4.69, 9.17) is 0 Å². The van der Waals surface area contributed by atoms with Gasteiger partial charge in [-0.3, -0.25) is 4.79 Å². The van der Waals surface area contributed by atoms with E-state index in [1.165, 1.54) is 25.0 Å². The maximum Gasteiger partial charge on any atom is 0.271 e. The summed E-state index contributed by atoms with van der Waals surface area (Å²) in [6.07, 6.45) is 4.93. The van der Waals surface area contributed by atoms with Crippen LogP contribution in [-0.4, -0.2) is 11.6 Å². The van der Waals surface area contributed by atoms with Gasteiger partial charge in [-0.2, -0.15) is 5.10 Å². The smallest absolute Gasteiger partial charge is 0.267 e. The summed E-state index contributed by atoms with van der Waals surface area (Å²) in [5, 5.41) is 4.31. The summed E-state index contributed by atoms with van der Waals surface area (Å²) in [5.74, 6) is 1.32. The van der Waals surface area contributed by atoms with Gasteiger partial charge in [-0.15, -0.1) is 0 Å². The molecule has 0 heterocycles. The molecular weight excluding hydrogens is 292 g/mol. The quantitative estimate of drug-likeness (QED) is 0.836. The molecule has 0 radical (unpaired) electrons. The standard InChI is InChI=1S/C14H15BrN2O/c15-12-5-3-10(4-6-12)14(18)17-16-13-8-9-1-2-11(13)7-9/h3-6,9,11H,1-2,7-8H2,(H,17,18)/b16-13-. The summed E-state index contributed by atoms with van der Waals surface area (Å²) in [7, 11) is 0. The lowest BCUT2D eigenvalue weighted by Gasteiger charge is -2.11. The third-order valence-corrected chi connectivity index (χ3v) is 4.45. The predicted molar refractivity (Wildman–Crippen MR) is 74.5 cm³/mol. The number of hydrogen-bond acceptors (Lipinski definition) is 2. The number of hydrazone groups is 1. The van der Waals surface area contributed by atoms with Crippen LogP contribution in [0, 0.1) is 11.8 Å². The number of benzene rings is 1. The predicted octanol–water partition coefficient (Wildman–Crippen LogP) is 3.35. The number of carbonyl (C=O) groups excluding carboxylic acids is 1. The maximum atomic E-state index is 11.9. The summed E-state index contributed by atoms with van der Waals surface area (Å²) >= 11 is 3.35. The second-order valence-corrected chi connectivity index (χ2v) is 6.05. The number of halogens is 1. The molecule has 4 heteroatoms. The van der Waals surface area contributed by atoms with Gasteiger partial charge in [-0.1, -0.05) is 15.9 Å². The number of nitrogens with zero attached hydrogens (tertiary/aromatic N) is 1. The van der Waals surface area contributed by atoms with Gasteiger partial charge in [0.1, 0.15) is 0 Å². The first-order valence-corrected chi connectivity index (χ1v) is 7.14. The molecule has 94 valence electrons. The highest BCUT2D eigenvalue weighted by molar-refractivity contribution is 9.10. The Kier molecular flexibility index (Phi) is 3.20. The second kappa shape index (κ2) is 4.84. The summed E-state index contributed by atoms with van der Waals surface area (Å²) < 4.78 is 0.971. The van der Waals surface area contributed by atoms with E-state index < -0.39 is 0 Å². The molecule has 0 aliphatic heterocycles. The molecule has 1 aromatic rings. The molecule has 18 heavy (non-hydrogen) atoms. The fourth-order valence-electron chi connectivity index (χ4n) is 2.95. The van der Waals surface area contributed by atoms with Crippen molar-refractivity contribution in [3.8, 4) is 0 Å². The van der Waals surface area contributed by atoms with E-state index in [1.54, 1.807) is 12.1 Å². The fourth-order valence-corrected chi connectivity index (χ4v) is 3.22. The van der Waals surface area contributed by atoms with Crippen LogP contribution in [0.2, 0.25) is 0 Å². The van der Waals surface area contributed by atoms with E-state index in [0.717, 1.165) is 16.8 Å². The highest BCUT2D eigenvalue weighted by Crippen LogP contribution is 2.42. The van der Waals surface area contributed by atoms with Crippen molar-refractivity contribution in [1.82, 2.24) is 5.43 Å². The average molecular weight is 307 g/mol. The zero-order chi connectivity index (χ0) is 12.5. The number of carbonyl (C=O) groups is 1. The number of hydrogen-bond donors (Lipinski definition) is 1. The molecule has 2 aliphatic rings. The Morgan fingerprint density at radius 1 is 1.28 bits per heavy atom. The minimum atomic E-state index is -0.127. The van der Waals surface area contributed by atoms with Crippen molar-refractivity contribution in [1.29, 1.82) is 0 Å². The molecule has 1 N–H and O–H groups in total. The van der Waals surface area contributed by atoms with Crippen LogP contribution in [0.1, 0.15) is 36.0 Å². The van der Waals surface area contributed by atoms with Gasteiger partial charge >= 0.3 is 0 Å². The van der Waals surface area contributed by atoms with E-state index in [2.05, 4.69) is 26.5 Å². The lowest BCUT2D eigenvalue weighted by molar-refractivity contribution is 0.0954. The van der Waals surface area contributed by atoms with E-state index in [9.17, 15) is 4.79 Å². The van der Waals surface area contributed by atoms with Gasteiger partial charge in [-0.05, 0) is 61.8 Å². The van der Waals surface area contributed by atoms with Gasteiger partial charge in [0.25, 0.3) is 5.91 Å². The first-order chi connectivity index (χ1) is 8.72. The molecule has 2 saturated carbocycles. The number of fused-ring (bicyclic) bond motifs is 2. The van der Waals surface area contributed by atoms with Crippen LogP contribution in [0.5, 0.6) is 0 Å². The van der Waals surface area contributed by atoms with Crippen molar-refractivity contribution < 1.29 is 4.79 Å². The zero-order valence-corrected chi connectivity index (χ0v) is 11.6. The van der Waals surface area contributed by atoms with Crippen molar-refractivity contribution in [2.24, 2.45) is 16.9 Å². The van der Waals surface area contributed by atoms with Crippen molar-refractivity contribution in [2.45, 2.75) is 25.7 Å². The lowest BCUT2D eigenvalue weighted by atomic mass is 9.99. The Balaban J connectivity index is 1.65. The molecule has 2 bridgehead atoms. The Bertz CT molecular complexity index is 495. The van der Waals surface area contributed by atoms with Gasteiger partial charge in [0.05, 0.1) is 0 Å². The molecule has 2 unspecified atom stereocenters. The highest BCUT2D eigenvalue weighted by atomic mass is 79.9. The normalized spacial score (nSPS) is 27.7. The number of nitrogens with one attached hydrogen (secondary N) is 1. The van der Waals surface area contributed by atoms with Crippen molar-refractivity contribution in [3.05, 3.63) is 34.3 Å². The molecule has 2 atom stereocenters. The van der Waals surface area contributed by atoms with E-state index in [-0.39, 0.29) is 5.91 Å². The van der Waals surface area contributed by atoms with Crippen LogP contribution in [-0.2, 0) is 0 Å². The van der Waals surface area contributed by atoms with Crippen LogP contribution in [0.25, 0.3) is 0 Å². The molecule has 0 spiro atoms. The molecule has 2 fully saturated rings. The van der Waals surface area contributed by atoms with Crippen molar-refractivity contribution >= 4 is 27.5 Å². The van der Waals surface area contributed by atoms with Crippen LogP contribution in [0.4, 0.5) is 0 Å². The Morgan fingerprint density at radius 2 is 2.06 bits per heavy atom. The van der Waals surface area contributed by atoms with Crippen LogP contribution >= 0.6 is 15.9 Å². The SMILES string of the molecule is O=C(N/N=C1/CC2CCC1C2)c1ccc(Br)cc1. The summed E-state index contributed by atoms with van der Waals surface area (Å²) in [5.41, 5.74) is 4.51. The summed E-state index contributed by atoms with van der Waals surface area (Å²) in [4.78, 5) is 11.9. The fraction of sp³-hybridized carbons (Fsp3) is 0.429. The third-order valence-electron chi connectivity index (χ3n) is 3.92. The number of rotatable bonds is 2.